The van der Waals surface area contributed by atoms with Crippen molar-refractivity contribution in [3.8, 4) is 0 Å². The van der Waals surface area contributed by atoms with Gasteiger partial charge in [0.1, 0.15) is 6.54 Å². The molecule has 2 aromatic heterocycles. The zero-order valence-corrected chi connectivity index (χ0v) is 29.6. The quantitative estimate of drug-likeness (QED) is 0.160. The van der Waals surface area contributed by atoms with E-state index in [2.05, 4.69) is 19.6 Å². The van der Waals surface area contributed by atoms with Crippen molar-refractivity contribution in [1.82, 2.24) is 25.0 Å². The van der Waals surface area contributed by atoms with E-state index in [1.807, 2.05) is 4.90 Å². The predicted octanol–water partition coefficient (Wildman–Crippen LogP) is 6.42. The van der Waals surface area contributed by atoms with Gasteiger partial charge in [-0.05, 0) is 74.0 Å². The molecule has 2 aromatic carbocycles. The third kappa shape index (κ3) is 9.04. The lowest BCUT2D eigenvalue weighted by molar-refractivity contribution is -0.250. The van der Waals surface area contributed by atoms with Crippen molar-refractivity contribution in [2.24, 2.45) is 5.92 Å². The van der Waals surface area contributed by atoms with E-state index < -0.39 is 54.7 Å². The molecular formula is C35H33ClF6N6O6. The van der Waals surface area contributed by atoms with Gasteiger partial charge in [-0.15, -0.1) is 10.1 Å². The summed E-state index contributed by atoms with van der Waals surface area (Å²) >= 11 is 6.29. The molecule has 0 fully saturated rings. The van der Waals surface area contributed by atoms with Gasteiger partial charge in [-0.25, -0.2) is 14.4 Å². The smallest absolute Gasteiger partial charge is 0.361 e. The minimum absolute atomic E-state index is 0.0429. The van der Waals surface area contributed by atoms with Crippen LogP contribution in [0.3, 0.4) is 0 Å². The van der Waals surface area contributed by atoms with E-state index in [9.17, 15) is 40.7 Å². The first kappa shape index (κ1) is 39.8. The average Bonchev–Trinajstić information content (AvgIpc) is 3.53. The minimum Gasteiger partial charge on any atom is -0.361 e. The number of carbonyl (C=O) groups excluding carboxylic acids is 4. The van der Waals surface area contributed by atoms with Gasteiger partial charge in [0.2, 0.25) is 0 Å². The van der Waals surface area contributed by atoms with Crippen molar-refractivity contribution < 1.29 is 55.2 Å². The Morgan fingerprint density at radius 1 is 0.963 bits per heavy atom. The second-order valence-corrected chi connectivity index (χ2v) is 13.2. The van der Waals surface area contributed by atoms with E-state index in [0.717, 1.165) is 0 Å². The molecule has 0 saturated heterocycles. The van der Waals surface area contributed by atoms with Gasteiger partial charge in [-0.2, -0.15) is 26.3 Å². The molecule has 288 valence electrons. The normalized spacial score (nSPS) is 15.7. The van der Waals surface area contributed by atoms with E-state index in [0.29, 0.717) is 34.5 Å². The van der Waals surface area contributed by atoms with E-state index in [-0.39, 0.29) is 39.5 Å². The molecular weight excluding hydrogens is 750 g/mol. The summed E-state index contributed by atoms with van der Waals surface area (Å²) in [5, 5.41) is 0.218. The van der Waals surface area contributed by atoms with Crippen molar-refractivity contribution in [3.05, 3.63) is 94.9 Å². The highest BCUT2D eigenvalue weighted by atomic mass is 35.5. The number of urea groups is 1. The molecule has 1 aliphatic heterocycles. The Hall–Kier alpha value is -5.36. The Kier molecular flexibility index (Phi) is 11.8. The number of benzene rings is 2. The van der Waals surface area contributed by atoms with Gasteiger partial charge in [0.15, 0.2) is 6.04 Å². The number of nitrogens with one attached hydrogen (secondary N) is 1. The maximum absolute atomic E-state index is 15.1. The Labute approximate surface area is 309 Å². The number of hydrogen-bond acceptors (Lipinski definition) is 8. The van der Waals surface area contributed by atoms with Crippen LogP contribution in [0.15, 0.2) is 73.1 Å². The van der Waals surface area contributed by atoms with Crippen LogP contribution in [0, 0.1) is 5.92 Å². The SMILES string of the molecule is CC(c1c[nH]c2ccccc12)C(C(=O)N1C[C@@H](CN(C)C)Cc2cc(Cl)ccc21)N(OC(=O)C(F)(F)F)C(=O)N(Cc1ccccn1)OC(=O)C(F)(F)F. The summed E-state index contributed by atoms with van der Waals surface area (Å²) in [4.78, 5) is 73.1. The number of carbonyl (C=O) groups is 4. The first-order valence-corrected chi connectivity index (χ1v) is 16.6. The lowest BCUT2D eigenvalue weighted by Crippen LogP contribution is -2.59. The predicted molar refractivity (Wildman–Crippen MR) is 181 cm³/mol. The van der Waals surface area contributed by atoms with Crippen molar-refractivity contribution in [2.45, 2.75) is 44.2 Å². The van der Waals surface area contributed by atoms with Crippen molar-refractivity contribution in [2.75, 3.05) is 32.1 Å². The number of pyridine rings is 1. The Bertz CT molecular complexity index is 2010. The van der Waals surface area contributed by atoms with Crippen LogP contribution < -0.4 is 4.90 Å². The van der Waals surface area contributed by atoms with Crippen LogP contribution in [-0.2, 0) is 37.0 Å². The number of H-pyrrole nitrogens is 1. The lowest BCUT2D eigenvalue weighted by atomic mass is 9.88. The lowest BCUT2D eigenvalue weighted by Gasteiger charge is -2.41. The first-order valence-electron chi connectivity index (χ1n) is 16.2. The van der Waals surface area contributed by atoms with Crippen LogP contribution in [-0.4, -0.2) is 94.5 Å². The maximum Gasteiger partial charge on any atom is 0.493 e. The highest BCUT2D eigenvalue weighted by molar-refractivity contribution is 6.30. The molecule has 3 heterocycles. The third-order valence-corrected chi connectivity index (χ3v) is 8.77. The van der Waals surface area contributed by atoms with Gasteiger partial charge < -0.3 is 24.5 Å². The van der Waals surface area contributed by atoms with Crippen LogP contribution in [0.25, 0.3) is 10.9 Å². The Morgan fingerprint density at radius 3 is 2.28 bits per heavy atom. The summed E-state index contributed by atoms with van der Waals surface area (Å²) in [6.07, 6.45) is -8.42. The van der Waals surface area contributed by atoms with Gasteiger partial charge in [0.25, 0.3) is 5.91 Å². The number of rotatable bonds is 8. The number of alkyl halides is 6. The molecule has 54 heavy (non-hydrogen) atoms. The second-order valence-electron chi connectivity index (χ2n) is 12.8. The zero-order chi connectivity index (χ0) is 39.5. The van der Waals surface area contributed by atoms with Gasteiger partial charge in [-0.1, -0.05) is 42.8 Å². The van der Waals surface area contributed by atoms with Crippen molar-refractivity contribution in [3.63, 3.8) is 0 Å². The topological polar surface area (TPSA) is 128 Å². The molecule has 12 nitrogen and oxygen atoms in total. The Balaban J connectivity index is 1.71. The summed E-state index contributed by atoms with van der Waals surface area (Å²) in [7, 11) is 3.58. The molecule has 4 aromatic rings. The average molecular weight is 783 g/mol. The molecule has 3 atom stereocenters. The fraction of sp³-hybridized carbons (Fsp3) is 0.343. The highest BCUT2D eigenvalue weighted by Crippen LogP contribution is 2.37. The largest absolute Gasteiger partial charge is 0.493 e. The van der Waals surface area contributed by atoms with Crippen LogP contribution in [0.5, 0.6) is 0 Å². The molecule has 2 unspecified atom stereocenters. The molecule has 19 heteroatoms. The van der Waals surface area contributed by atoms with Crippen LogP contribution in [0.1, 0.15) is 29.7 Å². The number of nitrogens with zero attached hydrogens (tertiary/aromatic N) is 5. The summed E-state index contributed by atoms with van der Waals surface area (Å²) in [6.45, 7) is 0.669. The molecule has 5 rings (SSSR count). The molecule has 0 spiro atoms. The summed E-state index contributed by atoms with van der Waals surface area (Å²) in [6, 6.07) is 10.9. The molecule has 1 aliphatic rings. The number of amides is 3. The third-order valence-electron chi connectivity index (χ3n) is 8.53. The molecule has 0 saturated carbocycles. The number of hydroxylamine groups is 4. The molecule has 0 radical (unpaired) electrons. The maximum atomic E-state index is 15.1. The van der Waals surface area contributed by atoms with E-state index in [1.165, 1.54) is 54.5 Å². The number of para-hydroxylation sites is 1. The molecule has 3 amide bonds. The van der Waals surface area contributed by atoms with Crippen LogP contribution in [0.4, 0.5) is 36.8 Å². The van der Waals surface area contributed by atoms with Crippen molar-refractivity contribution in [1.29, 1.82) is 0 Å². The number of aromatic nitrogens is 2. The number of anilines is 1. The van der Waals surface area contributed by atoms with E-state index in [1.54, 1.807) is 44.4 Å². The van der Waals surface area contributed by atoms with Gasteiger partial charge in [-0.3, -0.25) is 9.78 Å². The standard InChI is InChI=1S/C35H33ClF6N6O6/c1-20(26-16-44-27-10-5-4-9-25(26)27)29(30(49)46-18-21(17-45(2)3)14-22-15-23(36)11-12-28(22)46)48(54-32(51)35(40,41)42)33(52)47(53-31(50)34(37,38)39)19-24-8-6-7-13-43-24/h4-13,15-16,20-21,29,44H,14,17-19H2,1-3H3/t20?,21-,29?/m1/s1. The second kappa shape index (κ2) is 15.9. The molecule has 0 bridgehead atoms. The summed E-state index contributed by atoms with van der Waals surface area (Å²) in [5.41, 5.74) is 1.44. The van der Waals surface area contributed by atoms with Crippen LogP contribution >= 0.6 is 11.6 Å². The minimum atomic E-state index is -5.77. The van der Waals surface area contributed by atoms with Gasteiger partial charge in [0.05, 0.1) is 5.69 Å². The fourth-order valence-corrected chi connectivity index (χ4v) is 6.47. The summed E-state index contributed by atoms with van der Waals surface area (Å²) < 4.78 is 82.3. The van der Waals surface area contributed by atoms with Gasteiger partial charge in [0, 0.05) is 53.0 Å². The van der Waals surface area contributed by atoms with E-state index in [4.69, 9.17) is 11.6 Å². The summed E-state index contributed by atoms with van der Waals surface area (Å²) in [5.74, 6) is -8.64. The van der Waals surface area contributed by atoms with Gasteiger partial charge >= 0.3 is 30.3 Å². The van der Waals surface area contributed by atoms with Crippen LogP contribution in [0.2, 0.25) is 5.02 Å². The number of fused-ring (bicyclic) bond motifs is 2. The number of aromatic amines is 1. The highest BCUT2D eigenvalue weighted by Gasteiger charge is 2.51. The first-order chi connectivity index (χ1) is 25.3. The Morgan fingerprint density at radius 2 is 1.63 bits per heavy atom. The molecule has 1 N–H and O–H groups in total. The number of halogens is 7. The van der Waals surface area contributed by atoms with Crippen molar-refractivity contribution >= 4 is 52.1 Å². The number of hydrogen-bond donors (Lipinski definition) is 1. The zero-order valence-electron chi connectivity index (χ0n) is 28.8. The monoisotopic (exact) mass is 782 g/mol. The molecule has 0 aliphatic carbocycles. The fourth-order valence-electron chi connectivity index (χ4n) is 6.27. The van der Waals surface area contributed by atoms with E-state index >= 15 is 4.79 Å².